The van der Waals surface area contributed by atoms with Gasteiger partial charge in [-0.25, -0.2) is 0 Å². The SMILES string of the molecule is CN=C(NCCSc1ccccc1)N1CCC(C)CC1. The number of hydrogen-bond acceptors (Lipinski definition) is 2. The number of benzene rings is 1. The van der Waals surface area contributed by atoms with Crippen molar-refractivity contribution in [3.05, 3.63) is 30.3 Å². The first-order valence-electron chi connectivity index (χ1n) is 7.43. The van der Waals surface area contributed by atoms with Crippen molar-refractivity contribution in [2.24, 2.45) is 10.9 Å². The molecule has 0 saturated carbocycles. The highest BCUT2D eigenvalue weighted by Crippen LogP contribution is 2.17. The maximum absolute atomic E-state index is 4.40. The Labute approximate surface area is 126 Å². The number of likely N-dealkylation sites (tertiary alicyclic amines) is 1. The zero-order chi connectivity index (χ0) is 14.2. The number of aliphatic imine (C=N–C) groups is 1. The summed E-state index contributed by atoms with van der Waals surface area (Å²) < 4.78 is 0. The molecule has 1 aromatic carbocycles. The van der Waals surface area contributed by atoms with Crippen molar-refractivity contribution in [2.45, 2.75) is 24.7 Å². The lowest BCUT2D eigenvalue weighted by Crippen LogP contribution is -2.45. The number of thioether (sulfide) groups is 1. The molecule has 0 atom stereocenters. The number of guanidine groups is 1. The summed E-state index contributed by atoms with van der Waals surface area (Å²) in [6.45, 7) is 5.56. The van der Waals surface area contributed by atoms with Gasteiger partial charge >= 0.3 is 0 Å². The molecule has 0 spiro atoms. The Morgan fingerprint density at radius 1 is 1.30 bits per heavy atom. The van der Waals surface area contributed by atoms with Crippen molar-refractivity contribution in [1.29, 1.82) is 0 Å². The first-order chi connectivity index (χ1) is 9.79. The first kappa shape index (κ1) is 15.2. The molecule has 0 aliphatic carbocycles. The van der Waals surface area contributed by atoms with Gasteiger partial charge in [0.1, 0.15) is 0 Å². The minimum Gasteiger partial charge on any atom is -0.355 e. The van der Waals surface area contributed by atoms with Crippen molar-refractivity contribution in [2.75, 3.05) is 32.4 Å². The van der Waals surface area contributed by atoms with Crippen LogP contribution in [0.15, 0.2) is 40.2 Å². The Kier molecular flexibility index (Phi) is 6.25. The van der Waals surface area contributed by atoms with Gasteiger partial charge in [-0.1, -0.05) is 25.1 Å². The van der Waals surface area contributed by atoms with Gasteiger partial charge in [0, 0.05) is 37.3 Å². The molecule has 0 unspecified atom stereocenters. The maximum atomic E-state index is 4.40. The van der Waals surface area contributed by atoms with E-state index < -0.39 is 0 Å². The molecule has 3 nitrogen and oxygen atoms in total. The third-order valence-corrected chi connectivity index (χ3v) is 4.71. The van der Waals surface area contributed by atoms with Gasteiger partial charge in [0.25, 0.3) is 0 Å². The Hall–Kier alpha value is -1.16. The Morgan fingerprint density at radius 2 is 2.00 bits per heavy atom. The van der Waals surface area contributed by atoms with Gasteiger partial charge in [-0.3, -0.25) is 4.99 Å². The van der Waals surface area contributed by atoms with E-state index in [1.54, 1.807) is 0 Å². The maximum Gasteiger partial charge on any atom is 0.193 e. The number of nitrogens with one attached hydrogen (secondary N) is 1. The predicted molar refractivity (Wildman–Crippen MR) is 88.5 cm³/mol. The molecular weight excluding hydrogens is 266 g/mol. The van der Waals surface area contributed by atoms with E-state index in [4.69, 9.17) is 0 Å². The molecular formula is C16H25N3S. The third-order valence-electron chi connectivity index (χ3n) is 3.69. The van der Waals surface area contributed by atoms with E-state index >= 15 is 0 Å². The highest BCUT2D eigenvalue weighted by Gasteiger charge is 2.18. The van der Waals surface area contributed by atoms with Gasteiger partial charge < -0.3 is 10.2 Å². The molecule has 0 amide bonds. The smallest absolute Gasteiger partial charge is 0.193 e. The number of rotatable bonds is 4. The van der Waals surface area contributed by atoms with Gasteiger partial charge in [-0.15, -0.1) is 11.8 Å². The molecule has 20 heavy (non-hydrogen) atoms. The quantitative estimate of drug-likeness (QED) is 0.400. The average molecular weight is 291 g/mol. The molecule has 1 N–H and O–H groups in total. The molecule has 1 aliphatic rings. The molecule has 0 bridgehead atoms. The van der Waals surface area contributed by atoms with Crippen molar-refractivity contribution in [3.8, 4) is 0 Å². The van der Waals surface area contributed by atoms with Gasteiger partial charge in [-0.2, -0.15) is 0 Å². The monoisotopic (exact) mass is 291 g/mol. The molecule has 1 saturated heterocycles. The molecule has 1 aliphatic heterocycles. The highest BCUT2D eigenvalue weighted by molar-refractivity contribution is 7.99. The lowest BCUT2D eigenvalue weighted by atomic mass is 10.00. The molecule has 2 rings (SSSR count). The van der Waals surface area contributed by atoms with E-state index in [9.17, 15) is 0 Å². The summed E-state index contributed by atoms with van der Waals surface area (Å²) in [4.78, 5) is 8.12. The molecule has 1 aromatic rings. The van der Waals surface area contributed by atoms with Crippen molar-refractivity contribution >= 4 is 17.7 Å². The second-order valence-corrected chi connectivity index (χ2v) is 6.47. The van der Waals surface area contributed by atoms with E-state index in [1.807, 2.05) is 18.8 Å². The summed E-state index contributed by atoms with van der Waals surface area (Å²) in [7, 11) is 1.88. The van der Waals surface area contributed by atoms with Crippen LogP contribution in [0.4, 0.5) is 0 Å². The topological polar surface area (TPSA) is 27.6 Å². The summed E-state index contributed by atoms with van der Waals surface area (Å²) >= 11 is 1.88. The summed E-state index contributed by atoms with van der Waals surface area (Å²) in [5, 5.41) is 3.48. The fourth-order valence-electron chi connectivity index (χ4n) is 2.40. The highest BCUT2D eigenvalue weighted by atomic mass is 32.2. The van der Waals surface area contributed by atoms with Crippen molar-refractivity contribution in [1.82, 2.24) is 10.2 Å². The average Bonchev–Trinajstić information content (AvgIpc) is 2.50. The van der Waals surface area contributed by atoms with E-state index in [0.717, 1.165) is 37.3 Å². The number of hydrogen-bond donors (Lipinski definition) is 1. The zero-order valence-electron chi connectivity index (χ0n) is 12.5. The fraction of sp³-hybridized carbons (Fsp3) is 0.562. The lowest BCUT2D eigenvalue weighted by molar-refractivity contribution is 0.274. The fourth-order valence-corrected chi connectivity index (χ4v) is 3.19. The third kappa shape index (κ3) is 4.75. The minimum absolute atomic E-state index is 0.859. The lowest BCUT2D eigenvalue weighted by Gasteiger charge is -2.32. The summed E-state index contributed by atoms with van der Waals surface area (Å²) in [5.74, 6) is 2.98. The molecule has 1 heterocycles. The van der Waals surface area contributed by atoms with Crippen LogP contribution in [0.3, 0.4) is 0 Å². The van der Waals surface area contributed by atoms with Crippen LogP contribution in [0.2, 0.25) is 0 Å². The Balaban J connectivity index is 1.69. The molecule has 110 valence electrons. The number of nitrogens with zero attached hydrogens (tertiary/aromatic N) is 2. The predicted octanol–water partition coefficient (Wildman–Crippen LogP) is 3.09. The summed E-state index contributed by atoms with van der Waals surface area (Å²) in [6.07, 6.45) is 2.55. The standard InChI is InChI=1S/C16H25N3S/c1-14-8-11-19(12-9-14)16(17-2)18-10-13-20-15-6-4-3-5-7-15/h3-7,14H,8-13H2,1-2H3,(H,17,18). The van der Waals surface area contributed by atoms with E-state index in [1.165, 1.54) is 17.7 Å². The molecule has 0 radical (unpaired) electrons. The Bertz CT molecular complexity index is 411. The number of piperidine rings is 1. The molecule has 0 aromatic heterocycles. The molecule has 4 heteroatoms. The van der Waals surface area contributed by atoms with Crippen LogP contribution in [0, 0.1) is 5.92 Å². The van der Waals surface area contributed by atoms with Gasteiger partial charge in [0.05, 0.1) is 0 Å². The van der Waals surface area contributed by atoms with Gasteiger partial charge in [0.15, 0.2) is 5.96 Å². The minimum atomic E-state index is 0.859. The normalized spacial score (nSPS) is 17.3. The summed E-state index contributed by atoms with van der Waals surface area (Å²) in [5.41, 5.74) is 0. The van der Waals surface area contributed by atoms with Crippen molar-refractivity contribution in [3.63, 3.8) is 0 Å². The van der Waals surface area contributed by atoms with Crippen LogP contribution in [-0.2, 0) is 0 Å². The van der Waals surface area contributed by atoms with Gasteiger partial charge in [-0.05, 0) is 30.9 Å². The zero-order valence-corrected chi connectivity index (χ0v) is 13.3. The van der Waals surface area contributed by atoms with E-state index in [2.05, 4.69) is 52.5 Å². The van der Waals surface area contributed by atoms with Crippen molar-refractivity contribution < 1.29 is 0 Å². The van der Waals surface area contributed by atoms with Crippen LogP contribution in [0.1, 0.15) is 19.8 Å². The van der Waals surface area contributed by atoms with E-state index in [0.29, 0.717) is 0 Å². The van der Waals surface area contributed by atoms with Crippen LogP contribution in [0.5, 0.6) is 0 Å². The summed E-state index contributed by atoms with van der Waals surface area (Å²) in [6, 6.07) is 10.5. The van der Waals surface area contributed by atoms with Crippen LogP contribution < -0.4 is 5.32 Å². The van der Waals surface area contributed by atoms with E-state index in [-0.39, 0.29) is 0 Å². The second kappa shape index (κ2) is 8.20. The van der Waals surface area contributed by atoms with Crippen LogP contribution in [0.25, 0.3) is 0 Å². The van der Waals surface area contributed by atoms with Gasteiger partial charge in [0.2, 0.25) is 0 Å². The largest absolute Gasteiger partial charge is 0.355 e. The molecule has 1 fully saturated rings. The Morgan fingerprint density at radius 3 is 2.65 bits per heavy atom. The first-order valence-corrected chi connectivity index (χ1v) is 8.41. The van der Waals surface area contributed by atoms with Crippen LogP contribution in [-0.4, -0.2) is 43.3 Å². The van der Waals surface area contributed by atoms with Crippen LogP contribution >= 0.6 is 11.8 Å². The second-order valence-electron chi connectivity index (χ2n) is 5.31.